The summed E-state index contributed by atoms with van der Waals surface area (Å²) in [6.45, 7) is 2.82. The van der Waals surface area contributed by atoms with E-state index >= 15 is 0 Å². The molecule has 0 bridgehead atoms. The van der Waals surface area contributed by atoms with E-state index in [1.165, 1.54) is 0 Å². The lowest BCUT2D eigenvalue weighted by Gasteiger charge is -2.13. The van der Waals surface area contributed by atoms with Gasteiger partial charge in [0.1, 0.15) is 5.75 Å². The number of hydrogen-bond acceptors (Lipinski definition) is 2. The molecule has 0 radical (unpaired) electrons. The average Bonchev–Trinajstić information content (AvgIpc) is 3.08. The first-order valence-electron chi connectivity index (χ1n) is 8.72. The first-order valence-corrected chi connectivity index (χ1v) is 8.72. The van der Waals surface area contributed by atoms with Crippen molar-refractivity contribution in [1.29, 1.82) is 0 Å². The Balaban J connectivity index is 1.96. The van der Waals surface area contributed by atoms with Crippen molar-refractivity contribution >= 4 is 16.9 Å². The molecule has 0 spiro atoms. The number of ether oxygens (including phenoxy) is 1. The maximum absolute atomic E-state index is 10.9. The Bertz CT molecular complexity index is 866. The number of carboxylic acids is 1. The molecule has 0 atom stereocenters. The zero-order chi connectivity index (χ0) is 17.6. The highest BCUT2D eigenvalue weighted by atomic mass is 16.5. The lowest BCUT2D eigenvalue weighted by Crippen LogP contribution is -2.01. The van der Waals surface area contributed by atoms with Gasteiger partial charge in [-0.25, -0.2) is 0 Å². The molecule has 1 aromatic heterocycles. The monoisotopic (exact) mass is 337 g/mol. The van der Waals surface area contributed by atoms with Gasteiger partial charge in [-0.3, -0.25) is 4.79 Å². The number of aromatic nitrogens is 1. The molecule has 0 unspecified atom stereocenters. The number of hydrogen-bond donors (Lipinski definition) is 2. The number of aliphatic carboxylic acids is 1. The Morgan fingerprint density at radius 2 is 2.04 bits per heavy atom. The lowest BCUT2D eigenvalue weighted by molar-refractivity contribution is -0.136. The number of fused-ring (bicyclic) bond motifs is 1. The Labute approximate surface area is 147 Å². The lowest BCUT2D eigenvalue weighted by atomic mass is 9.99. The second-order valence-electron chi connectivity index (χ2n) is 6.21. The van der Waals surface area contributed by atoms with E-state index in [9.17, 15) is 4.79 Å². The summed E-state index contributed by atoms with van der Waals surface area (Å²) in [6, 6.07) is 14.3. The molecule has 0 saturated carbocycles. The van der Waals surface area contributed by atoms with E-state index in [0.29, 0.717) is 13.0 Å². The van der Waals surface area contributed by atoms with E-state index in [0.717, 1.165) is 46.2 Å². The number of carboxylic acid groups (broad SMARTS) is 1. The molecule has 0 saturated heterocycles. The van der Waals surface area contributed by atoms with Gasteiger partial charge in [-0.05, 0) is 59.7 Å². The van der Waals surface area contributed by atoms with E-state index < -0.39 is 5.97 Å². The first-order chi connectivity index (χ1) is 12.2. The van der Waals surface area contributed by atoms with E-state index in [1.807, 2.05) is 24.4 Å². The molecule has 0 aliphatic carbocycles. The van der Waals surface area contributed by atoms with E-state index in [4.69, 9.17) is 9.84 Å². The summed E-state index contributed by atoms with van der Waals surface area (Å²) in [5.74, 6) is 0.0703. The highest BCUT2D eigenvalue weighted by molar-refractivity contribution is 5.86. The van der Waals surface area contributed by atoms with Crippen LogP contribution in [0.5, 0.6) is 5.75 Å². The number of aryl methyl sites for hydroxylation is 1. The number of aromatic amines is 1. The third-order valence-corrected chi connectivity index (χ3v) is 4.29. The van der Waals surface area contributed by atoms with Crippen molar-refractivity contribution < 1.29 is 14.6 Å². The zero-order valence-electron chi connectivity index (χ0n) is 14.4. The molecule has 0 aliphatic heterocycles. The second kappa shape index (κ2) is 7.88. The van der Waals surface area contributed by atoms with Gasteiger partial charge >= 0.3 is 5.97 Å². The molecule has 4 heteroatoms. The molecule has 1 heterocycles. The van der Waals surface area contributed by atoms with Gasteiger partial charge in [0.25, 0.3) is 0 Å². The number of carbonyl (C=O) groups is 1. The molecule has 0 fully saturated rings. The highest BCUT2D eigenvalue weighted by Crippen LogP contribution is 2.33. The zero-order valence-corrected chi connectivity index (χ0v) is 14.4. The quantitative estimate of drug-likeness (QED) is 0.567. The van der Waals surface area contributed by atoms with Crippen molar-refractivity contribution in [3.8, 4) is 16.9 Å². The first kappa shape index (κ1) is 17.1. The second-order valence-corrected chi connectivity index (χ2v) is 6.21. The molecule has 3 aromatic rings. The maximum atomic E-state index is 10.9. The van der Waals surface area contributed by atoms with Gasteiger partial charge in [0, 0.05) is 23.7 Å². The molecule has 0 amide bonds. The van der Waals surface area contributed by atoms with Crippen molar-refractivity contribution in [3.63, 3.8) is 0 Å². The molecular weight excluding hydrogens is 314 g/mol. The number of H-pyrrole nitrogens is 1. The van der Waals surface area contributed by atoms with Crippen LogP contribution in [-0.4, -0.2) is 22.7 Å². The molecule has 130 valence electrons. The number of benzene rings is 2. The van der Waals surface area contributed by atoms with Gasteiger partial charge < -0.3 is 14.8 Å². The van der Waals surface area contributed by atoms with Gasteiger partial charge in [-0.1, -0.05) is 25.5 Å². The Hall–Kier alpha value is -2.75. The molecule has 2 aromatic carbocycles. The average molecular weight is 337 g/mol. The molecule has 25 heavy (non-hydrogen) atoms. The molecule has 0 aliphatic rings. The highest BCUT2D eigenvalue weighted by Gasteiger charge is 2.10. The topological polar surface area (TPSA) is 62.3 Å². The summed E-state index contributed by atoms with van der Waals surface area (Å²) in [5.41, 5.74) is 4.20. The predicted molar refractivity (Wildman–Crippen MR) is 100 cm³/mol. The third kappa shape index (κ3) is 4.21. The Morgan fingerprint density at radius 3 is 2.84 bits per heavy atom. The number of nitrogens with one attached hydrogen (secondary N) is 1. The van der Waals surface area contributed by atoms with E-state index in [1.54, 1.807) is 0 Å². The molecule has 2 N–H and O–H groups in total. The van der Waals surface area contributed by atoms with Gasteiger partial charge in [0.05, 0.1) is 6.61 Å². The fourth-order valence-electron chi connectivity index (χ4n) is 2.88. The summed E-state index contributed by atoms with van der Waals surface area (Å²) in [7, 11) is 0. The minimum atomic E-state index is -0.779. The maximum Gasteiger partial charge on any atom is 0.303 e. The summed E-state index contributed by atoms with van der Waals surface area (Å²) in [6.07, 6.45) is 4.67. The van der Waals surface area contributed by atoms with Crippen LogP contribution in [0.4, 0.5) is 0 Å². The van der Waals surface area contributed by atoms with Crippen molar-refractivity contribution in [1.82, 2.24) is 4.98 Å². The van der Waals surface area contributed by atoms with Crippen molar-refractivity contribution in [2.24, 2.45) is 0 Å². The molecule has 3 rings (SSSR count). The SMILES string of the molecule is CCCCOc1ccc(CCC(=O)O)cc1-c1ccc2[nH]ccc2c1. The van der Waals surface area contributed by atoms with Crippen molar-refractivity contribution in [2.45, 2.75) is 32.6 Å². The van der Waals surface area contributed by atoms with Crippen LogP contribution < -0.4 is 4.74 Å². The van der Waals surface area contributed by atoms with Gasteiger partial charge in [-0.2, -0.15) is 0 Å². The van der Waals surface area contributed by atoms with Crippen LogP contribution in [0.3, 0.4) is 0 Å². The van der Waals surface area contributed by atoms with Crippen LogP contribution in [0.25, 0.3) is 22.0 Å². The van der Waals surface area contributed by atoms with E-state index in [-0.39, 0.29) is 6.42 Å². The summed E-state index contributed by atoms with van der Waals surface area (Å²) >= 11 is 0. The predicted octanol–water partition coefficient (Wildman–Crippen LogP) is 5.03. The van der Waals surface area contributed by atoms with Crippen LogP contribution in [0.1, 0.15) is 31.7 Å². The van der Waals surface area contributed by atoms with Gasteiger partial charge in [-0.15, -0.1) is 0 Å². The van der Waals surface area contributed by atoms with Crippen LogP contribution in [0.2, 0.25) is 0 Å². The largest absolute Gasteiger partial charge is 0.493 e. The Morgan fingerprint density at radius 1 is 1.16 bits per heavy atom. The minimum Gasteiger partial charge on any atom is -0.493 e. The smallest absolute Gasteiger partial charge is 0.303 e. The number of unbranched alkanes of at least 4 members (excludes halogenated alkanes) is 1. The molecule has 4 nitrogen and oxygen atoms in total. The van der Waals surface area contributed by atoms with Crippen molar-refractivity contribution in [2.75, 3.05) is 6.61 Å². The standard InChI is InChI=1S/C21H23NO3/c1-2-3-12-25-20-8-4-15(5-9-21(23)24)13-18(20)16-6-7-19-17(14-16)10-11-22-19/h4,6-8,10-11,13-14,22H,2-3,5,9,12H2,1H3,(H,23,24). The van der Waals surface area contributed by atoms with Gasteiger partial charge in [0.2, 0.25) is 0 Å². The van der Waals surface area contributed by atoms with Crippen LogP contribution in [-0.2, 0) is 11.2 Å². The van der Waals surface area contributed by atoms with Crippen LogP contribution in [0.15, 0.2) is 48.7 Å². The Kier molecular flexibility index (Phi) is 5.39. The molecular formula is C21H23NO3. The third-order valence-electron chi connectivity index (χ3n) is 4.29. The summed E-state index contributed by atoms with van der Waals surface area (Å²) < 4.78 is 5.98. The van der Waals surface area contributed by atoms with E-state index in [2.05, 4.69) is 36.2 Å². The fourth-order valence-corrected chi connectivity index (χ4v) is 2.88. The van der Waals surface area contributed by atoms with Crippen LogP contribution >= 0.6 is 0 Å². The minimum absolute atomic E-state index is 0.131. The van der Waals surface area contributed by atoms with Gasteiger partial charge in [0.15, 0.2) is 0 Å². The summed E-state index contributed by atoms with van der Waals surface area (Å²) in [5, 5.41) is 10.1. The fraction of sp³-hybridized carbons (Fsp3) is 0.286. The van der Waals surface area contributed by atoms with Crippen LogP contribution in [0, 0.1) is 0 Å². The number of rotatable bonds is 8. The summed E-state index contributed by atoms with van der Waals surface area (Å²) in [4.78, 5) is 14.1. The normalized spacial score (nSPS) is 10.9. The van der Waals surface area contributed by atoms with Crippen molar-refractivity contribution in [3.05, 3.63) is 54.2 Å².